The van der Waals surface area contributed by atoms with Crippen LogP contribution in [0.5, 0.6) is 5.75 Å². The number of rotatable bonds is 5. The molecule has 36 heavy (non-hydrogen) atoms. The fraction of sp³-hybridized carbons (Fsp3) is 0.500. The third-order valence-electron chi connectivity index (χ3n) is 8.08. The van der Waals surface area contributed by atoms with Gasteiger partial charge in [-0.05, 0) is 76.4 Å². The van der Waals surface area contributed by atoms with E-state index >= 15 is 0 Å². The average molecular weight is 536 g/mol. The van der Waals surface area contributed by atoms with Crippen LogP contribution in [0, 0.1) is 5.82 Å². The number of fused-ring (bicyclic) bond motifs is 2. The van der Waals surface area contributed by atoms with E-state index in [1.807, 2.05) is 0 Å². The Bertz CT molecular complexity index is 1300. The Morgan fingerprint density at radius 2 is 1.81 bits per heavy atom. The molecule has 2 aromatic rings. The molecule has 0 radical (unpaired) electrons. The van der Waals surface area contributed by atoms with Gasteiger partial charge in [-0.3, -0.25) is 9.52 Å². The van der Waals surface area contributed by atoms with Crippen molar-refractivity contribution in [2.45, 2.75) is 80.9 Å². The first-order valence-corrected chi connectivity index (χ1v) is 14.2. The highest BCUT2D eigenvalue weighted by Gasteiger charge is 2.50. The lowest BCUT2D eigenvalue weighted by molar-refractivity contribution is -0.120. The van der Waals surface area contributed by atoms with Gasteiger partial charge in [0.25, 0.3) is 10.0 Å². The van der Waals surface area contributed by atoms with Gasteiger partial charge >= 0.3 is 0 Å². The number of carbonyl (C=O) groups is 1. The average Bonchev–Trinajstić information content (AvgIpc) is 3.39. The van der Waals surface area contributed by atoms with E-state index in [0.717, 1.165) is 43.4 Å². The quantitative estimate of drug-likeness (QED) is 0.543. The van der Waals surface area contributed by atoms with Crippen LogP contribution in [-0.2, 0) is 20.2 Å². The number of nitrogens with one attached hydrogen (secondary N) is 2. The number of halogens is 2. The van der Waals surface area contributed by atoms with Gasteiger partial charge in [0.1, 0.15) is 22.6 Å². The Balaban J connectivity index is 1.54. The maximum atomic E-state index is 14.5. The van der Waals surface area contributed by atoms with E-state index in [0.29, 0.717) is 36.4 Å². The lowest BCUT2D eigenvalue weighted by atomic mass is 9.80. The van der Waals surface area contributed by atoms with Crippen molar-refractivity contribution in [3.8, 4) is 5.75 Å². The van der Waals surface area contributed by atoms with Crippen LogP contribution < -0.4 is 14.8 Å². The zero-order chi connectivity index (χ0) is 25.8. The fourth-order valence-corrected chi connectivity index (χ4v) is 7.17. The van der Waals surface area contributed by atoms with E-state index in [2.05, 4.69) is 35.8 Å². The maximum Gasteiger partial charge on any atom is 0.264 e. The summed E-state index contributed by atoms with van der Waals surface area (Å²) in [5.74, 6) is -0.576. The number of benzene rings is 2. The summed E-state index contributed by atoms with van der Waals surface area (Å²) in [7, 11) is -2.16. The van der Waals surface area contributed by atoms with Crippen LogP contribution in [0.1, 0.15) is 57.9 Å². The van der Waals surface area contributed by atoms with Gasteiger partial charge < -0.3 is 15.0 Å². The molecule has 5 rings (SSSR count). The molecule has 1 amide bonds. The first-order valence-electron chi connectivity index (χ1n) is 12.4. The monoisotopic (exact) mass is 535 g/mol. The molecule has 2 aliphatic heterocycles. The van der Waals surface area contributed by atoms with Crippen LogP contribution in [0.15, 0.2) is 35.2 Å². The van der Waals surface area contributed by atoms with E-state index in [-0.39, 0.29) is 22.7 Å². The Hall–Kier alpha value is -2.36. The number of carbonyl (C=O) groups excluding carboxylic acids is 1. The predicted octanol–water partition coefficient (Wildman–Crippen LogP) is 5.29. The van der Waals surface area contributed by atoms with E-state index in [4.69, 9.17) is 16.3 Å². The molecule has 1 saturated heterocycles. The topological polar surface area (TPSA) is 87.7 Å². The molecule has 2 atom stereocenters. The standard InChI is InChI=1S/C26H31ClFN3O4S/c1-15-10-19(11-16(2)31(15)3)35-22-14-18(30-36(33,34)23-7-6-17(27)12-21(23)28)13-20-24(22)29-25(32)26(20)8-4-5-9-26/h6-7,12-16,19,30H,4-5,8-11H2,1-3H3,(H,29,32). The van der Waals surface area contributed by atoms with E-state index in [1.165, 1.54) is 6.07 Å². The summed E-state index contributed by atoms with van der Waals surface area (Å²) < 4.78 is 49.7. The number of ether oxygens (including phenoxy) is 1. The molecule has 2 fully saturated rings. The molecule has 0 aromatic heterocycles. The van der Waals surface area contributed by atoms with Gasteiger partial charge in [-0.1, -0.05) is 24.4 Å². The van der Waals surface area contributed by atoms with Crippen molar-refractivity contribution in [1.82, 2.24) is 4.90 Å². The van der Waals surface area contributed by atoms with Crippen LogP contribution in [0.3, 0.4) is 0 Å². The van der Waals surface area contributed by atoms with Crippen molar-refractivity contribution >= 4 is 38.9 Å². The van der Waals surface area contributed by atoms with Crippen molar-refractivity contribution < 1.29 is 22.3 Å². The predicted molar refractivity (Wildman–Crippen MR) is 138 cm³/mol. The van der Waals surface area contributed by atoms with Crippen molar-refractivity contribution in [3.63, 3.8) is 0 Å². The summed E-state index contributed by atoms with van der Waals surface area (Å²) in [5.41, 5.74) is 0.885. The number of likely N-dealkylation sites (tertiary alicyclic amines) is 1. The van der Waals surface area contributed by atoms with E-state index < -0.39 is 26.2 Å². The van der Waals surface area contributed by atoms with Crippen molar-refractivity contribution in [2.75, 3.05) is 17.1 Å². The van der Waals surface area contributed by atoms with Gasteiger partial charge in [0.15, 0.2) is 0 Å². The van der Waals surface area contributed by atoms with Crippen LogP contribution in [0.4, 0.5) is 15.8 Å². The van der Waals surface area contributed by atoms with Crippen molar-refractivity contribution in [1.29, 1.82) is 0 Å². The molecular formula is C26H31ClFN3O4S. The van der Waals surface area contributed by atoms with Gasteiger partial charge in [-0.25, -0.2) is 12.8 Å². The van der Waals surface area contributed by atoms with E-state index in [9.17, 15) is 17.6 Å². The zero-order valence-electron chi connectivity index (χ0n) is 20.6. The van der Waals surface area contributed by atoms with Crippen LogP contribution in [0.2, 0.25) is 5.02 Å². The number of nitrogens with zero attached hydrogens (tertiary/aromatic N) is 1. The second-order valence-corrected chi connectivity index (χ2v) is 12.5. The summed E-state index contributed by atoms with van der Waals surface area (Å²) in [4.78, 5) is 15.0. The SMILES string of the molecule is CC1CC(Oc2cc(NS(=O)(=O)c3ccc(Cl)cc3F)cc3c2NC(=O)C32CCCC2)CC(C)N1C. The number of sulfonamides is 1. The van der Waals surface area contributed by atoms with Gasteiger partial charge in [0.05, 0.1) is 16.8 Å². The molecule has 10 heteroatoms. The van der Waals surface area contributed by atoms with Crippen LogP contribution >= 0.6 is 11.6 Å². The minimum absolute atomic E-state index is 0.0753. The Morgan fingerprint density at radius 3 is 2.44 bits per heavy atom. The van der Waals surface area contributed by atoms with Crippen LogP contribution in [-0.4, -0.2) is 44.5 Å². The molecule has 2 aromatic carbocycles. The number of piperidine rings is 1. The van der Waals surface area contributed by atoms with Crippen molar-refractivity contribution in [3.05, 3.63) is 46.7 Å². The third kappa shape index (κ3) is 4.35. The largest absolute Gasteiger partial charge is 0.488 e. The second-order valence-electron chi connectivity index (χ2n) is 10.4. The smallest absolute Gasteiger partial charge is 0.264 e. The highest BCUT2D eigenvalue weighted by atomic mass is 35.5. The zero-order valence-corrected chi connectivity index (χ0v) is 22.2. The summed E-state index contributed by atoms with van der Waals surface area (Å²) >= 11 is 5.80. The van der Waals surface area contributed by atoms with Gasteiger partial charge in [0.2, 0.25) is 5.91 Å². The highest BCUT2D eigenvalue weighted by molar-refractivity contribution is 7.92. The Morgan fingerprint density at radius 1 is 1.14 bits per heavy atom. The first-order chi connectivity index (χ1) is 17.0. The lowest BCUT2D eigenvalue weighted by Gasteiger charge is -2.40. The molecular weight excluding hydrogens is 505 g/mol. The number of anilines is 2. The number of amides is 1. The lowest BCUT2D eigenvalue weighted by Crippen LogP contribution is -2.47. The minimum atomic E-state index is -4.25. The van der Waals surface area contributed by atoms with Gasteiger partial charge in [0, 0.05) is 23.2 Å². The first kappa shape index (κ1) is 25.3. The third-order valence-corrected chi connectivity index (χ3v) is 9.73. The molecule has 2 heterocycles. The molecule has 3 aliphatic rings. The summed E-state index contributed by atoms with van der Waals surface area (Å²) in [6.07, 6.45) is 4.73. The number of hydrogen-bond acceptors (Lipinski definition) is 5. The highest BCUT2D eigenvalue weighted by Crippen LogP contribution is 2.53. The van der Waals surface area contributed by atoms with Gasteiger partial charge in [-0.15, -0.1) is 0 Å². The fourth-order valence-electron chi connectivity index (χ4n) is 5.91. The molecule has 1 aliphatic carbocycles. The Labute approximate surface area is 216 Å². The molecule has 2 N–H and O–H groups in total. The van der Waals surface area contributed by atoms with Crippen LogP contribution in [0.25, 0.3) is 0 Å². The summed E-state index contributed by atoms with van der Waals surface area (Å²) in [5, 5.41) is 3.14. The molecule has 1 saturated carbocycles. The summed E-state index contributed by atoms with van der Waals surface area (Å²) in [6, 6.07) is 7.34. The molecule has 1 spiro atoms. The number of hydrogen-bond donors (Lipinski definition) is 2. The second kappa shape index (κ2) is 9.19. The molecule has 194 valence electrons. The molecule has 7 nitrogen and oxygen atoms in total. The maximum absolute atomic E-state index is 14.5. The molecule has 0 bridgehead atoms. The van der Waals surface area contributed by atoms with Crippen molar-refractivity contribution in [2.24, 2.45) is 0 Å². The van der Waals surface area contributed by atoms with E-state index in [1.54, 1.807) is 12.1 Å². The minimum Gasteiger partial charge on any atom is -0.488 e. The normalized spacial score (nSPS) is 25.6. The summed E-state index contributed by atoms with van der Waals surface area (Å²) in [6.45, 7) is 4.30. The van der Waals surface area contributed by atoms with Gasteiger partial charge in [-0.2, -0.15) is 0 Å². The molecule has 2 unspecified atom stereocenters. The Kier molecular flexibility index (Phi) is 6.46.